The van der Waals surface area contributed by atoms with Crippen LogP contribution >= 0.6 is 11.3 Å². The second-order valence-corrected chi connectivity index (χ2v) is 11.0. The predicted octanol–water partition coefficient (Wildman–Crippen LogP) is 4.39. The Hall–Kier alpha value is -3.20. The number of amides is 2. The molecule has 1 unspecified atom stereocenters. The number of nitrogens with one attached hydrogen (secondary N) is 4. The molecule has 194 valence electrons. The van der Waals surface area contributed by atoms with Gasteiger partial charge in [0.2, 0.25) is 5.91 Å². The summed E-state index contributed by atoms with van der Waals surface area (Å²) >= 11 is 1.66. The number of carbonyl (C=O) groups is 2. The van der Waals surface area contributed by atoms with Gasteiger partial charge in [-0.1, -0.05) is 24.3 Å². The van der Waals surface area contributed by atoms with Crippen molar-refractivity contribution in [2.45, 2.75) is 51.4 Å². The second kappa shape index (κ2) is 11.5. The van der Waals surface area contributed by atoms with Crippen molar-refractivity contribution in [2.24, 2.45) is 0 Å². The molecule has 1 aromatic heterocycles. The van der Waals surface area contributed by atoms with E-state index in [4.69, 9.17) is 4.74 Å². The summed E-state index contributed by atoms with van der Waals surface area (Å²) in [6, 6.07) is 18.6. The highest BCUT2D eigenvalue weighted by molar-refractivity contribution is 7.15. The summed E-state index contributed by atoms with van der Waals surface area (Å²) in [5.74, 6) is -0.109. The maximum Gasteiger partial charge on any atom is 0.252 e. The Bertz CT molecular complexity index is 1260. The van der Waals surface area contributed by atoms with Crippen LogP contribution in [0.15, 0.2) is 54.6 Å². The lowest BCUT2D eigenvalue weighted by Gasteiger charge is -2.29. The average molecular weight is 519 g/mol. The minimum atomic E-state index is -0.310. The van der Waals surface area contributed by atoms with Gasteiger partial charge >= 0.3 is 0 Å². The number of ether oxygens (including phenoxy) is 1. The molecule has 8 heteroatoms. The van der Waals surface area contributed by atoms with Crippen LogP contribution in [0.5, 0.6) is 0 Å². The van der Waals surface area contributed by atoms with Crippen molar-refractivity contribution in [1.82, 2.24) is 16.0 Å². The van der Waals surface area contributed by atoms with Gasteiger partial charge in [0.15, 0.2) is 0 Å². The number of hydrogen-bond donors (Lipinski definition) is 4. The number of rotatable bonds is 9. The van der Waals surface area contributed by atoms with Gasteiger partial charge in [-0.15, -0.1) is 11.3 Å². The van der Waals surface area contributed by atoms with Gasteiger partial charge in [-0.05, 0) is 73.7 Å². The van der Waals surface area contributed by atoms with E-state index >= 15 is 0 Å². The van der Waals surface area contributed by atoms with Crippen molar-refractivity contribution in [3.63, 3.8) is 0 Å². The highest BCUT2D eigenvalue weighted by Crippen LogP contribution is 2.30. The molecule has 0 radical (unpaired) electrons. The SMILES string of the molecule is Cc1ccc(NC2CNC2)cc1C(=O)N[C@H](C)c1cccc(-c2ccc(CNC(=O)C3CCCO3)s2)c1. The van der Waals surface area contributed by atoms with E-state index in [9.17, 15) is 9.59 Å². The molecule has 2 aliphatic rings. The largest absolute Gasteiger partial charge is 0.380 e. The van der Waals surface area contributed by atoms with Crippen LogP contribution in [-0.2, 0) is 16.1 Å². The molecule has 2 aromatic carbocycles. The number of aryl methyl sites for hydroxylation is 1. The van der Waals surface area contributed by atoms with Gasteiger partial charge in [0.25, 0.3) is 5.91 Å². The number of hydrogen-bond acceptors (Lipinski definition) is 6. The van der Waals surface area contributed by atoms with Gasteiger partial charge in [-0.3, -0.25) is 9.59 Å². The van der Waals surface area contributed by atoms with Crippen molar-refractivity contribution in [3.8, 4) is 10.4 Å². The lowest BCUT2D eigenvalue weighted by molar-refractivity contribution is -0.130. The Labute approximate surface area is 222 Å². The summed E-state index contributed by atoms with van der Waals surface area (Å²) in [7, 11) is 0. The minimum Gasteiger partial charge on any atom is -0.380 e. The maximum atomic E-state index is 13.2. The van der Waals surface area contributed by atoms with E-state index in [1.54, 1.807) is 11.3 Å². The first-order chi connectivity index (χ1) is 18.0. The molecule has 2 aliphatic heterocycles. The highest BCUT2D eigenvalue weighted by Gasteiger charge is 2.23. The van der Waals surface area contributed by atoms with Gasteiger partial charge in [-0.2, -0.15) is 0 Å². The Kier molecular flexibility index (Phi) is 7.88. The molecule has 0 aliphatic carbocycles. The topological polar surface area (TPSA) is 91.5 Å². The van der Waals surface area contributed by atoms with Crippen molar-refractivity contribution < 1.29 is 14.3 Å². The fourth-order valence-corrected chi connectivity index (χ4v) is 5.55. The van der Waals surface area contributed by atoms with Gasteiger partial charge in [0.1, 0.15) is 6.10 Å². The molecule has 5 rings (SSSR count). The predicted molar refractivity (Wildman–Crippen MR) is 148 cm³/mol. The van der Waals surface area contributed by atoms with E-state index < -0.39 is 0 Å². The lowest BCUT2D eigenvalue weighted by Crippen LogP contribution is -2.51. The molecule has 0 spiro atoms. The summed E-state index contributed by atoms with van der Waals surface area (Å²) in [5.41, 5.74) is 4.75. The summed E-state index contributed by atoms with van der Waals surface area (Å²) in [6.07, 6.45) is 1.43. The monoisotopic (exact) mass is 518 g/mol. The Morgan fingerprint density at radius 1 is 1.14 bits per heavy atom. The van der Waals surface area contributed by atoms with Crippen LogP contribution in [0.1, 0.15) is 52.2 Å². The summed E-state index contributed by atoms with van der Waals surface area (Å²) in [4.78, 5) is 27.6. The number of benzene rings is 2. The van der Waals surface area contributed by atoms with Gasteiger partial charge in [0, 0.05) is 40.7 Å². The zero-order chi connectivity index (χ0) is 25.8. The third-order valence-electron chi connectivity index (χ3n) is 6.97. The van der Waals surface area contributed by atoms with Crippen molar-refractivity contribution in [1.29, 1.82) is 0 Å². The van der Waals surface area contributed by atoms with E-state index in [1.807, 2.05) is 44.2 Å². The van der Waals surface area contributed by atoms with E-state index in [-0.39, 0.29) is 24.0 Å². The van der Waals surface area contributed by atoms with Gasteiger partial charge in [0.05, 0.1) is 18.6 Å². The number of anilines is 1. The van der Waals surface area contributed by atoms with Gasteiger partial charge < -0.3 is 26.0 Å². The molecule has 2 fully saturated rings. The summed E-state index contributed by atoms with van der Waals surface area (Å²) in [5, 5.41) is 12.9. The fourth-order valence-electron chi connectivity index (χ4n) is 4.60. The zero-order valence-corrected chi connectivity index (χ0v) is 22.1. The molecule has 2 atom stereocenters. The molecule has 4 N–H and O–H groups in total. The molecule has 7 nitrogen and oxygen atoms in total. The van der Waals surface area contributed by atoms with Crippen LogP contribution in [0, 0.1) is 6.92 Å². The molecule has 3 heterocycles. The molecule has 0 saturated carbocycles. The first-order valence-electron chi connectivity index (χ1n) is 12.9. The van der Waals surface area contributed by atoms with Crippen molar-refractivity contribution in [3.05, 3.63) is 76.2 Å². The van der Waals surface area contributed by atoms with E-state index in [2.05, 4.69) is 45.5 Å². The van der Waals surface area contributed by atoms with Crippen LogP contribution < -0.4 is 21.3 Å². The molecular weight excluding hydrogens is 484 g/mol. The first kappa shape index (κ1) is 25.4. The zero-order valence-electron chi connectivity index (χ0n) is 21.3. The molecule has 0 bridgehead atoms. The lowest BCUT2D eigenvalue weighted by atomic mass is 10.0. The summed E-state index contributed by atoms with van der Waals surface area (Å²) < 4.78 is 5.46. The van der Waals surface area contributed by atoms with Crippen LogP contribution in [0.3, 0.4) is 0 Å². The first-order valence-corrected chi connectivity index (χ1v) is 13.7. The third-order valence-corrected chi connectivity index (χ3v) is 8.11. The van der Waals surface area contributed by atoms with E-state index in [0.717, 1.165) is 58.1 Å². The molecule has 2 amide bonds. The Morgan fingerprint density at radius 3 is 2.76 bits per heavy atom. The Morgan fingerprint density at radius 2 is 2.00 bits per heavy atom. The van der Waals surface area contributed by atoms with Crippen LogP contribution in [0.4, 0.5) is 5.69 Å². The quantitative estimate of drug-likeness (QED) is 0.337. The Balaban J connectivity index is 1.21. The van der Waals surface area contributed by atoms with Crippen LogP contribution in [-0.4, -0.2) is 43.7 Å². The van der Waals surface area contributed by atoms with Crippen LogP contribution in [0.25, 0.3) is 10.4 Å². The van der Waals surface area contributed by atoms with Crippen molar-refractivity contribution >= 4 is 28.8 Å². The smallest absolute Gasteiger partial charge is 0.252 e. The maximum absolute atomic E-state index is 13.2. The standard InChI is InChI=1S/C29H34N4O3S/c1-18-8-9-22(33-23-15-30-16-23)14-25(18)28(34)32-19(2)20-5-3-6-21(13-20)27-11-10-24(37-27)17-31-29(35)26-7-4-12-36-26/h3,5-6,8-11,13-14,19,23,26,30,33H,4,7,12,15-17H2,1-2H3,(H,31,35)(H,32,34)/t19-,26?/m1/s1. The summed E-state index contributed by atoms with van der Waals surface area (Å²) in [6.45, 7) is 7.02. The minimum absolute atomic E-state index is 0.0318. The van der Waals surface area contributed by atoms with Gasteiger partial charge in [-0.25, -0.2) is 0 Å². The molecule has 2 saturated heterocycles. The molecule has 3 aromatic rings. The number of thiophene rings is 1. The van der Waals surface area contributed by atoms with Crippen LogP contribution in [0.2, 0.25) is 0 Å². The normalized spacial score (nSPS) is 18.2. The fraction of sp³-hybridized carbons (Fsp3) is 0.379. The number of carbonyl (C=O) groups excluding carboxylic acids is 2. The van der Waals surface area contributed by atoms with E-state index in [0.29, 0.717) is 24.8 Å². The average Bonchev–Trinajstić information content (AvgIpc) is 3.58. The molecular formula is C29H34N4O3S. The van der Waals surface area contributed by atoms with Crippen molar-refractivity contribution in [2.75, 3.05) is 25.0 Å². The third kappa shape index (κ3) is 6.21. The second-order valence-electron chi connectivity index (χ2n) is 9.84. The molecule has 37 heavy (non-hydrogen) atoms. The van der Waals surface area contributed by atoms with E-state index in [1.165, 1.54) is 0 Å². The highest BCUT2D eigenvalue weighted by atomic mass is 32.1.